The number of benzene rings is 2. The number of aromatic nitrogens is 2. The zero-order chi connectivity index (χ0) is 21.2. The summed E-state index contributed by atoms with van der Waals surface area (Å²) >= 11 is 5.84. The summed E-state index contributed by atoms with van der Waals surface area (Å²) in [5, 5.41) is 7.11. The van der Waals surface area contributed by atoms with Gasteiger partial charge in [0.2, 0.25) is 0 Å². The molecule has 0 unspecified atom stereocenters. The van der Waals surface area contributed by atoms with Crippen LogP contribution in [0.4, 0.5) is 4.79 Å². The number of carbonyl (C=O) groups is 2. The highest BCUT2D eigenvalue weighted by Gasteiger charge is 2.22. The second kappa shape index (κ2) is 10.8. The van der Waals surface area contributed by atoms with E-state index in [1.807, 2.05) is 30.3 Å². The average molecular weight is 426 g/mol. The number of imidazole rings is 1. The summed E-state index contributed by atoms with van der Waals surface area (Å²) in [6.07, 6.45) is 4.04. The Morgan fingerprint density at radius 1 is 1.17 bits per heavy atom. The van der Waals surface area contributed by atoms with Crippen LogP contribution in [0.5, 0.6) is 0 Å². The van der Waals surface area contributed by atoms with E-state index in [1.165, 1.54) is 12.5 Å². The van der Waals surface area contributed by atoms with E-state index in [1.54, 1.807) is 30.5 Å². The molecule has 1 heterocycles. The number of halogens is 1. The van der Waals surface area contributed by atoms with Gasteiger partial charge in [0.05, 0.1) is 12.5 Å². The Morgan fingerprint density at radius 3 is 2.63 bits per heavy atom. The Labute approximate surface area is 178 Å². The van der Waals surface area contributed by atoms with E-state index < -0.39 is 18.0 Å². The van der Waals surface area contributed by atoms with Crippen LogP contribution in [-0.2, 0) is 22.6 Å². The number of hydrogen-bond acceptors (Lipinski definition) is 5. The fourth-order valence-electron chi connectivity index (χ4n) is 2.53. The monoisotopic (exact) mass is 425 g/mol. The lowest BCUT2D eigenvalue weighted by Crippen LogP contribution is -2.47. The largest absolute Gasteiger partial charge is 0.445 e. The van der Waals surface area contributed by atoms with Crippen LogP contribution >= 0.6 is 11.6 Å². The molecule has 0 bridgehead atoms. The van der Waals surface area contributed by atoms with Gasteiger partial charge in [-0.1, -0.05) is 54.1 Å². The first kappa shape index (κ1) is 21.1. The number of nitrogens with zero attached hydrogens (tertiary/aromatic N) is 2. The Bertz CT molecular complexity index is 976. The zero-order valence-corrected chi connectivity index (χ0v) is 16.7. The lowest BCUT2D eigenvalue weighted by atomic mass is 10.1. The molecule has 0 spiro atoms. The van der Waals surface area contributed by atoms with Crippen LogP contribution in [0.3, 0.4) is 0 Å². The van der Waals surface area contributed by atoms with Crippen LogP contribution in [-0.4, -0.2) is 34.2 Å². The van der Waals surface area contributed by atoms with Gasteiger partial charge in [-0.25, -0.2) is 15.2 Å². The summed E-state index contributed by atoms with van der Waals surface area (Å²) < 4.78 is 5.21. The Hall–Kier alpha value is -3.65. The predicted octanol–water partition coefficient (Wildman–Crippen LogP) is 3.05. The molecule has 8 nitrogen and oxygen atoms in total. The first-order valence-electron chi connectivity index (χ1n) is 9.13. The van der Waals surface area contributed by atoms with Gasteiger partial charge in [-0.3, -0.25) is 4.79 Å². The molecule has 0 aliphatic carbocycles. The number of hydrazone groups is 1. The van der Waals surface area contributed by atoms with Gasteiger partial charge in [0.1, 0.15) is 12.6 Å². The van der Waals surface area contributed by atoms with Crippen molar-refractivity contribution in [2.75, 3.05) is 0 Å². The normalized spacial score (nSPS) is 11.8. The summed E-state index contributed by atoms with van der Waals surface area (Å²) in [4.78, 5) is 31.6. The SMILES string of the molecule is O=C(N[C@@H](Cc1cnc[nH]1)C(=O)N/N=C\c1ccc(Cl)cc1)OCc1ccccc1. The number of amides is 2. The molecule has 30 heavy (non-hydrogen) atoms. The number of aromatic amines is 1. The van der Waals surface area contributed by atoms with Crippen molar-refractivity contribution in [2.45, 2.75) is 19.1 Å². The van der Waals surface area contributed by atoms with Crippen LogP contribution < -0.4 is 10.7 Å². The average Bonchev–Trinajstić information content (AvgIpc) is 3.27. The summed E-state index contributed by atoms with van der Waals surface area (Å²) in [5.41, 5.74) is 4.72. The summed E-state index contributed by atoms with van der Waals surface area (Å²) in [6, 6.07) is 15.3. The van der Waals surface area contributed by atoms with Crippen LogP contribution in [0.25, 0.3) is 0 Å². The summed E-state index contributed by atoms with van der Waals surface area (Å²) in [7, 11) is 0. The molecule has 0 aliphatic heterocycles. The molecule has 1 atom stereocenters. The van der Waals surface area contributed by atoms with Gasteiger partial charge in [-0.15, -0.1) is 0 Å². The first-order chi connectivity index (χ1) is 14.6. The number of alkyl carbamates (subject to hydrolysis) is 1. The maximum absolute atomic E-state index is 12.6. The van der Waals surface area contributed by atoms with Gasteiger partial charge in [-0.2, -0.15) is 5.10 Å². The molecule has 0 aliphatic rings. The van der Waals surface area contributed by atoms with Crippen molar-refractivity contribution in [3.63, 3.8) is 0 Å². The number of ether oxygens (including phenoxy) is 1. The highest BCUT2D eigenvalue weighted by molar-refractivity contribution is 6.30. The van der Waals surface area contributed by atoms with E-state index in [-0.39, 0.29) is 13.0 Å². The third-order valence-corrected chi connectivity index (χ3v) is 4.31. The number of carbonyl (C=O) groups excluding carboxylic acids is 2. The van der Waals surface area contributed by atoms with Gasteiger partial charge >= 0.3 is 6.09 Å². The molecular formula is C21H20ClN5O3. The molecule has 0 saturated heterocycles. The molecule has 9 heteroatoms. The van der Waals surface area contributed by atoms with E-state index in [9.17, 15) is 9.59 Å². The molecular weight excluding hydrogens is 406 g/mol. The number of hydrogen-bond donors (Lipinski definition) is 3. The van der Waals surface area contributed by atoms with Gasteiger partial charge in [0.15, 0.2) is 0 Å². The van der Waals surface area contributed by atoms with Crippen molar-refractivity contribution in [2.24, 2.45) is 5.10 Å². The molecule has 0 radical (unpaired) electrons. The third kappa shape index (κ3) is 6.75. The van der Waals surface area contributed by atoms with E-state index >= 15 is 0 Å². The smallest absolute Gasteiger partial charge is 0.408 e. The fourth-order valence-corrected chi connectivity index (χ4v) is 2.66. The van der Waals surface area contributed by atoms with E-state index in [2.05, 4.69) is 25.8 Å². The maximum Gasteiger partial charge on any atom is 0.408 e. The first-order valence-corrected chi connectivity index (χ1v) is 9.51. The lowest BCUT2D eigenvalue weighted by molar-refractivity contribution is -0.123. The summed E-state index contributed by atoms with van der Waals surface area (Å²) in [5.74, 6) is -0.494. The van der Waals surface area contributed by atoms with Gasteiger partial charge < -0.3 is 15.0 Å². The molecule has 1 aromatic heterocycles. The molecule has 2 aromatic carbocycles. The Morgan fingerprint density at radius 2 is 1.93 bits per heavy atom. The van der Waals surface area contributed by atoms with Crippen molar-refractivity contribution in [3.8, 4) is 0 Å². The van der Waals surface area contributed by atoms with E-state index in [0.717, 1.165) is 11.1 Å². The minimum Gasteiger partial charge on any atom is -0.445 e. The summed E-state index contributed by atoms with van der Waals surface area (Å²) in [6.45, 7) is 0.0970. The number of rotatable bonds is 8. The molecule has 3 aromatic rings. The van der Waals surface area contributed by atoms with E-state index in [4.69, 9.17) is 16.3 Å². The molecule has 0 fully saturated rings. The Balaban J connectivity index is 1.58. The second-order valence-electron chi connectivity index (χ2n) is 6.33. The van der Waals surface area contributed by atoms with Crippen LogP contribution in [0.1, 0.15) is 16.8 Å². The van der Waals surface area contributed by atoms with Crippen molar-refractivity contribution in [1.82, 2.24) is 20.7 Å². The standard InChI is InChI=1S/C21H20ClN5O3/c22-17-8-6-15(7-9-17)11-25-27-20(28)19(10-18-12-23-14-24-18)26-21(29)30-13-16-4-2-1-3-5-16/h1-9,11-12,14,19H,10,13H2,(H,23,24)(H,26,29)(H,27,28)/b25-11-/t19-/m0/s1. The van der Waals surface area contributed by atoms with Crippen LogP contribution in [0.2, 0.25) is 5.02 Å². The fraction of sp³-hybridized carbons (Fsp3) is 0.143. The van der Waals surface area contributed by atoms with E-state index in [0.29, 0.717) is 10.7 Å². The number of nitrogens with one attached hydrogen (secondary N) is 3. The van der Waals surface area contributed by atoms with Crippen LogP contribution in [0, 0.1) is 0 Å². The Kier molecular flexibility index (Phi) is 7.57. The third-order valence-electron chi connectivity index (χ3n) is 4.06. The molecule has 0 saturated carbocycles. The van der Waals surface area contributed by atoms with Crippen molar-refractivity contribution >= 4 is 29.8 Å². The number of H-pyrrole nitrogens is 1. The highest BCUT2D eigenvalue weighted by atomic mass is 35.5. The minimum absolute atomic E-state index is 0.0970. The minimum atomic E-state index is -0.906. The molecule has 154 valence electrons. The van der Waals surface area contributed by atoms with Gasteiger partial charge in [0.25, 0.3) is 5.91 Å². The van der Waals surface area contributed by atoms with Crippen molar-refractivity contribution in [1.29, 1.82) is 0 Å². The topological polar surface area (TPSA) is 108 Å². The second-order valence-corrected chi connectivity index (χ2v) is 6.76. The highest BCUT2D eigenvalue weighted by Crippen LogP contribution is 2.08. The molecule has 3 rings (SSSR count). The molecule has 2 amide bonds. The van der Waals surface area contributed by atoms with Crippen LogP contribution in [0.15, 0.2) is 72.2 Å². The lowest BCUT2D eigenvalue weighted by Gasteiger charge is -2.16. The van der Waals surface area contributed by atoms with Gasteiger partial charge in [-0.05, 0) is 23.3 Å². The van der Waals surface area contributed by atoms with Crippen molar-refractivity contribution in [3.05, 3.63) is 89.0 Å². The quantitative estimate of drug-likeness (QED) is 0.380. The van der Waals surface area contributed by atoms with Crippen molar-refractivity contribution < 1.29 is 14.3 Å². The zero-order valence-electron chi connectivity index (χ0n) is 15.9. The maximum atomic E-state index is 12.6. The van der Waals surface area contributed by atoms with Gasteiger partial charge in [0, 0.05) is 23.3 Å². The predicted molar refractivity (Wildman–Crippen MR) is 113 cm³/mol. The molecule has 3 N–H and O–H groups in total.